The van der Waals surface area contributed by atoms with Gasteiger partial charge in [-0.2, -0.15) is 0 Å². The molecule has 4 heteroatoms. The van der Waals surface area contributed by atoms with Crippen molar-refractivity contribution in [1.29, 1.82) is 0 Å². The molecule has 2 aromatic rings. The van der Waals surface area contributed by atoms with Gasteiger partial charge in [-0.3, -0.25) is 10.1 Å². The van der Waals surface area contributed by atoms with Crippen LogP contribution in [-0.4, -0.2) is 12.5 Å². The molecule has 103 valence electrons. The van der Waals surface area contributed by atoms with Crippen LogP contribution in [0.15, 0.2) is 48.5 Å². The van der Waals surface area contributed by atoms with E-state index < -0.39 is 5.91 Å². The van der Waals surface area contributed by atoms with Gasteiger partial charge in [0.25, 0.3) is 5.91 Å². The van der Waals surface area contributed by atoms with Crippen molar-refractivity contribution in [3.63, 3.8) is 0 Å². The molecule has 0 fully saturated rings. The Morgan fingerprint density at radius 1 is 1.20 bits per heavy atom. The van der Waals surface area contributed by atoms with Crippen LogP contribution in [0.25, 0.3) is 0 Å². The highest BCUT2D eigenvalue weighted by Gasteiger charge is 2.10. The molecule has 0 atom stereocenters. The molecule has 0 spiro atoms. The van der Waals surface area contributed by atoms with Crippen LogP contribution in [0.3, 0.4) is 0 Å². The zero-order chi connectivity index (χ0) is 14.4. The van der Waals surface area contributed by atoms with Crippen molar-refractivity contribution in [2.75, 3.05) is 6.54 Å². The van der Waals surface area contributed by atoms with E-state index in [1.54, 1.807) is 18.2 Å². The van der Waals surface area contributed by atoms with E-state index in [9.17, 15) is 4.79 Å². The van der Waals surface area contributed by atoms with Crippen LogP contribution in [0.1, 0.15) is 22.8 Å². The second kappa shape index (κ2) is 6.61. The summed E-state index contributed by atoms with van der Waals surface area (Å²) in [7, 11) is 0. The fraction of sp³-hybridized carbons (Fsp3) is 0.188. The van der Waals surface area contributed by atoms with Gasteiger partial charge in [0.05, 0.1) is 11.3 Å². The zero-order valence-electron chi connectivity index (χ0n) is 11.4. The number of nitrogens with two attached hydrogens (primary N) is 1. The van der Waals surface area contributed by atoms with Gasteiger partial charge in [0.2, 0.25) is 0 Å². The predicted molar refractivity (Wildman–Crippen MR) is 78.1 cm³/mol. The number of carbonyl (C=O) groups excluding carboxylic acids is 1. The molecule has 0 bridgehead atoms. The molecule has 0 heterocycles. The molecule has 2 aromatic carbocycles. The Bertz CT molecular complexity index is 582. The molecule has 0 aliphatic heterocycles. The van der Waals surface area contributed by atoms with E-state index in [1.165, 1.54) is 0 Å². The van der Waals surface area contributed by atoms with Crippen molar-refractivity contribution in [1.82, 2.24) is 5.32 Å². The summed E-state index contributed by atoms with van der Waals surface area (Å²) in [4.78, 5) is 11.4. The Morgan fingerprint density at radius 3 is 2.60 bits per heavy atom. The molecule has 1 radical (unpaired) electrons. The third-order valence-electron chi connectivity index (χ3n) is 2.81. The molecular formula is C16H17N2O2. The van der Waals surface area contributed by atoms with Crippen LogP contribution in [0.2, 0.25) is 0 Å². The first-order valence-electron chi connectivity index (χ1n) is 6.48. The summed E-state index contributed by atoms with van der Waals surface area (Å²) >= 11 is 0. The van der Waals surface area contributed by atoms with Gasteiger partial charge in [0.15, 0.2) is 0 Å². The van der Waals surface area contributed by atoms with E-state index in [0.717, 1.165) is 5.56 Å². The summed E-state index contributed by atoms with van der Waals surface area (Å²) in [5.74, 6) is 0.111. The lowest BCUT2D eigenvalue weighted by atomic mass is 10.1. The molecule has 2 rings (SSSR count). The summed E-state index contributed by atoms with van der Waals surface area (Å²) in [6, 6.07) is 15.0. The maximum atomic E-state index is 11.4. The smallest absolute Gasteiger partial charge is 0.251 e. The van der Waals surface area contributed by atoms with Gasteiger partial charge in [-0.05, 0) is 30.7 Å². The number of nitrogens with zero attached hydrogens (tertiary/aromatic N) is 1. The monoisotopic (exact) mass is 269 g/mol. The van der Waals surface area contributed by atoms with E-state index >= 15 is 0 Å². The van der Waals surface area contributed by atoms with Gasteiger partial charge in [0, 0.05) is 6.54 Å². The first kappa shape index (κ1) is 13.9. The summed E-state index contributed by atoms with van der Waals surface area (Å²) in [5, 5.41) is 4.23. The Morgan fingerprint density at radius 2 is 1.95 bits per heavy atom. The number of hydrogen-bond donors (Lipinski definition) is 1. The lowest BCUT2D eigenvalue weighted by Gasteiger charge is -2.10. The molecular weight excluding hydrogens is 252 g/mol. The predicted octanol–water partition coefficient (Wildman–Crippen LogP) is 2.62. The number of hydrogen-bond acceptors (Lipinski definition) is 2. The standard InChI is InChI=1S/C16H17N2O2/c1-2-18-15-9-8-13(10-14(15)16(17)19)20-11-12-6-4-3-5-7-12/h3-10H,2,11H2,1H3,(H2,17,19). The van der Waals surface area contributed by atoms with Gasteiger partial charge < -0.3 is 10.5 Å². The molecule has 0 saturated heterocycles. The average Bonchev–Trinajstić information content (AvgIpc) is 2.47. The minimum absolute atomic E-state index is 0.386. The number of primary amides is 1. The molecule has 4 nitrogen and oxygen atoms in total. The lowest BCUT2D eigenvalue weighted by molar-refractivity contribution is 0.1000. The highest BCUT2D eigenvalue weighted by atomic mass is 16.5. The van der Waals surface area contributed by atoms with Crippen molar-refractivity contribution in [2.45, 2.75) is 13.5 Å². The van der Waals surface area contributed by atoms with Crippen molar-refractivity contribution in [3.8, 4) is 5.75 Å². The number of rotatable bonds is 6. The number of ether oxygens (including phenoxy) is 1. The van der Waals surface area contributed by atoms with Crippen LogP contribution in [0, 0.1) is 0 Å². The number of amides is 1. The summed E-state index contributed by atoms with van der Waals surface area (Å²) in [6.07, 6.45) is 0. The van der Waals surface area contributed by atoms with Crippen molar-refractivity contribution in [2.24, 2.45) is 5.73 Å². The van der Waals surface area contributed by atoms with Crippen molar-refractivity contribution in [3.05, 3.63) is 59.7 Å². The SMILES string of the molecule is CC[N]c1ccc(OCc2ccccc2)cc1C(N)=O. The van der Waals surface area contributed by atoms with Gasteiger partial charge in [-0.1, -0.05) is 30.3 Å². The number of carbonyl (C=O) groups is 1. The molecule has 0 saturated carbocycles. The van der Waals surface area contributed by atoms with Gasteiger partial charge >= 0.3 is 0 Å². The van der Waals surface area contributed by atoms with Gasteiger partial charge in [-0.25, -0.2) is 0 Å². The molecule has 0 aromatic heterocycles. The third-order valence-corrected chi connectivity index (χ3v) is 2.81. The van der Waals surface area contributed by atoms with Gasteiger partial charge in [-0.15, -0.1) is 0 Å². The van der Waals surface area contributed by atoms with Crippen LogP contribution in [-0.2, 0) is 6.61 Å². The van der Waals surface area contributed by atoms with Crippen LogP contribution in [0.4, 0.5) is 5.69 Å². The zero-order valence-corrected chi connectivity index (χ0v) is 11.4. The molecule has 1 amide bonds. The fourth-order valence-corrected chi connectivity index (χ4v) is 1.85. The summed E-state index contributed by atoms with van der Waals surface area (Å²) < 4.78 is 5.67. The van der Waals surface area contributed by atoms with E-state index in [0.29, 0.717) is 30.2 Å². The Hall–Kier alpha value is -2.49. The minimum atomic E-state index is -0.498. The first-order chi connectivity index (χ1) is 9.70. The second-order valence-corrected chi connectivity index (χ2v) is 4.29. The van der Waals surface area contributed by atoms with E-state index in [-0.39, 0.29) is 0 Å². The molecule has 2 N–H and O–H groups in total. The van der Waals surface area contributed by atoms with E-state index in [1.807, 2.05) is 37.3 Å². The van der Waals surface area contributed by atoms with Crippen LogP contribution < -0.4 is 15.8 Å². The topological polar surface area (TPSA) is 66.4 Å². The minimum Gasteiger partial charge on any atom is -0.489 e. The van der Waals surface area contributed by atoms with Crippen LogP contribution in [0.5, 0.6) is 5.75 Å². The lowest BCUT2D eigenvalue weighted by Crippen LogP contribution is -2.14. The molecule has 20 heavy (non-hydrogen) atoms. The van der Waals surface area contributed by atoms with E-state index in [4.69, 9.17) is 10.5 Å². The highest BCUT2D eigenvalue weighted by molar-refractivity contribution is 5.98. The summed E-state index contributed by atoms with van der Waals surface area (Å²) in [6.45, 7) is 2.96. The maximum Gasteiger partial charge on any atom is 0.251 e. The average molecular weight is 269 g/mol. The molecule has 0 aliphatic carbocycles. The first-order valence-corrected chi connectivity index (χ1v) is 6.48. The van der Waals surface area contributed by atoms with Crippen molar-refractivity contribution < 1.29 is 9.53 Å². The third kappa shape index (κ3) is 3.51. The normalized spacial score (nSPS) is 10.1. The Balaban J connectivity index is 2.13. The van der Waals surface area contributed by atoms with Crippen LogP contribution >= 0.6 is 0 Å². The number of benzene rings is 2. The Labute approximate surface area is 118 Å². The van der Waals surface area contributed by atoms with Crippen molar-refractivity contribution >= 4 is 11.6 Å². The van der Waals surface area contributed by atoms with Gasteiger partial charge in [0.1, 0.15) is 12.4 Å². The fourth-order valence-electron chi connectivity index (χ4n) is 1.85. The second-order valence-electron chi connectivity index (χ2n) is 4.29. The maximum absolute atomic E-state index is 11.4. The summed E-state index contributed by atoms with van der Waals surface area (Å²) in [5.41, 5.74) is 7.42. The molecule has 0 aliphatic rings. The van der Waals surface area contributed by atoms with E-state index in [2.05, 4.69) is 5.32 Å². The Kier molecular flexibility index (Phi) is 4.60. The highest BCUT2D eigenvalue weighted by Crippen LogP contribution is 2.22. The quantitative estimate of drug-likeness (QED) is 0.876. The largest absolute Gasteiger partial charge is 0.489 e. The molecule has 0 unspecified atom stereocenters.